The lowest BCUT2D eigenvalue weighted by molar-refractivity contribution is 0.0923. The van der Waals surface area contributed by atoms with Crippen molar-refractivity contribution in [2.75, 3.05) is 5.32 Å². The summed E-state index contributed by atoms with van der Waals surface area (Å²) in [5.74, 6) is 0. The Hall–Kier alpha value is -1.58. The van der Waals surface area contributed by atoms with E-state index >= 15 is 0 Å². The van der Waals surface area contributed by atoms with E-state index in [4.69, 9.17) is 28.6 Å². The number of halogens is 1. The predicted molar refractivity (Wildman–Crippen MR) is 86.3 cm³/mol. The minimum atomic E-state index is -0.580. The van der Waals surface area contributed by atoms with Gasteiger partial charge in [-0.25, -0.2) is 0 Å². The quantitative estimate of drug-likeness (QED) is 0.811. The summed E-state index contributed by atoms with van der Waals surface area (Å²) >= 11 is 11.4. The first-order chi connectivity index (χ1) is 9.65. The summed E-state index contributed by atoms with van der Waals surface area (Å²) < 4.78 is 6.05. The third-order valence-corrected chi connectivity index (χ3v) is 4.08. The molecule has 2 nitrogen and oxygen atoms in total. The lowest BCUT2D eigenvalue weighted by Crippen LogP contribution is -2.39. The average Bonchev–Trinajstić information content (AvgIpc) is 2.48. The molecule has 20 heavy (non-hydrogen) atoms. The first-order valence-corrected chi connectivity index (χ1v) is 7.30. The van der Waals surface area contributed by atoms with Crippen molar-refractivity contribution < 1.29 is 4.74 Å². The lowest BCUT2D eigenvalue weighted by Gasteiger charge is -2.39. The maximum Gasteiger partial charge on any atom is 0.262 e. The summed E-state index contributed by atoms with van der Waals surface area (Å²) in [5.41, 5.74) is 2.47. The third kappa shape index (κ3) is 2.07. The zero-order chi connectivity index (χ0) is 14.2. The summed E-state index contributed by atoms with van der Waals surface area (Å²) in [6.45, 7) is 2.09. The molecular formula is C16H14ClNOS. The SMILES string of the molecule is CCC1(c2ccccc2)OC(=S)Nc2ccc(Cl)cc21. The zero-order valence-corrected chi connectivity index (χ0v) is 12.6. The number of hydrogen-bond donors (Lipinski definition) is 1. The predicted octanol–water partition coefficient (Wildman–Crippen LogP) is 4.72. The van der Waals surface area contributed by atoms with E-state index in [9.17, 15) is 0 Å². The fourth-order valence-electron chi connectivity index (χ4n) is 2.70. The van der Waals surface area contributed by atoms with Crippen molar-refractivity contribution in [2.45, 2.75) is 18.9 Å². The zero-order valence-electron chi connectivity index (χ0n) is 11.0. The van der Waals surface area contributed by atoms with Crippen LogP contribution in [0.1, 0.15) is 24.5 Å². The number of anilines is 1. The van der Waals surface area contributed by atoms with Crippen LogP contribution in [-0.2, 0) is 10.3 Å². The molecule has 0 bridgehead atoms. The number of thiocarbonyl (C=S) groups is 1. The Morgan fingerprint density at radius 2 is 1.95 bits per heavy atom. The van der Waals surface area contributed by atoms with Gasteiger partial charge in [0.05, 0.1) is 0 Å². The van der Waals surface area contributed by atoms with Crippen LogP contribution >= 0.6 is 23.8 Å². The molecule has 0 radical (unpaired) electrons. The van der Waals surface area contributed by atoms with E-state index in [0.717, 1.165) is 23.2 Å². The first-order valence-electron chi connectivity index (χ1n) is 6.51. The summed E-state index contributed by atoms with van der Waals surface area (Å²) in [6, 6.07) is 15.9. The summed E-state index contributed by atoms with van der Waals surface area (Å²) in [4.78, 5) is 0. The van der Waals surface area contributed by atoms with E-state index in [1.165, 1.54) is 0 Å². The Balaban J connectivity index is 2.26. The second-order valence-electron chi connectivity index (χ2n) is 4.75. The molecule has 1 atom stereocenters. The molecule has 1 unspecified atom stereocenters. The second-order valence-corrected chi connectivity index (χ2v) is 5.56. The molecule has 1 aliphatic rings. The molecule has 4 heteroatoms. The Morgan fingerprint density at radius 3 is 2.65 bits per heavy atom. The van der Waals surface area contributed by atoms with Gasteiger partial charge >= 0.3 is 0 Å². The Labute approximate surface area is 128 Å². The van der Waals surface area contributed by atoms with Gasteiger partial charge in [0, 0.05) is 21.8 Å². The van der Waals surface area contributed by atoms with Gasteiger partial charge in [-0.3, -0.25) is 0 Å². The van der Waals surface area contributed by atoms with Gasteiger partial charge < -0.3 is 10.1 Å². The van der Waals surface area contributed by atoms with Crippen LogP contribution in [0, 0.1) is 0 Å². The van der Waals surface area contributed by atoms with E-state index in [1.807, 2.05) is 36.4 Å². The minimum absolute atomic E-state index is 0.394. The molecular weight excluding hydrogens is 290 g/mol. The van der Waals surface area contributed by atoms with Crippen LogP contribution in [0.25, 0.3) is 0 Å². The van der Waals surface area contributed by atoms with Crippen molar-refractivity contribution in [1.82, 2.24) is 0 Å². The molecule has 0 saturated carbocycles. The van der Waals surface area contributed by atoms with Gasteiger partial charge in [-0.1, -0.05) is 48.9 Å². The Bertz CT molecular complexity index is 659. The minimum Gasteiger partial charge on any atom is -0.454 e. The lowest BCUT2D eigenvalue weighted by atomic mass is 9.82. The van der Waals surface area contributed by atoms with Crippen LogP contribution in [0.15, 0.2) is 48.5 Å². The molecule has 3 rings (SSSR count). The summed E-state index contributed by atoms with van der Waals surface area (Å²) in [7, 11) is 0. The van der Waals surface area contributed by atoms with Crippen molar-refractivity contribution in [1.29, 1.82) is 0 Å². The van der Waals surface area contributed by atoms with E-state index in [2.05, 4.69) is 24.4 Å². The number of rotatable bonds is 2. The van der Waals surface area contributed by atoms with E-state index in [-0.39, 0.29) is 0 Å². The Kier molecular flexibility index (Phi) is 3.40. The Morgan fingerprint density at radius 1 is 1.20 bits per heavy atom. The monoisotopic (exact) mass is 303 g/mol. The molecule has 2 aromatic carbocycles. The van der Waals surface area contributed by atoms with Gasteiger partial charge in [0.1, 0.15) is 0 Å². The van der Waals surface area contributed by atoms with Gasteiger partial charge in [-0.2, -0.15) is 0 Å². The molecule has 0 amide bonds. The molecule has 1 heterocycles. The normalized spacial score (nSPS) is 20.8. The number of ether oxygens (including phenoxy) is 1. The van der Waals surface area contributed by atoms with E-state index < -0.39 is 5.60 Å². The van der Waals surface area contributed by atoms with Crippen molar-refractivity contribution in [3.63, 3.8) is 0 Å². The highest BCUT2D eigenvalue weighted by Crippen LogP contribution is 2.44. The van der Waals surface area contributed by atoms with E-state index in [1.54, 1.807) is 0 Å². The van der Waals surface area contributed by atoms with Gasteiger partial charge in [0.25, 0.3) is 5.17 Å². The molecule has 0 aromatic heterocycles. The summed E-state index contributed by atoms with van der Waals surface area (Å²) in [5, 5.41) is 4.18. The molecule has 0 aliphatic carbocycles. The third-order valence-electron chi connectivity index (χ3n) is 3.66. The number of nitrogens with one attached hydrogen (secondary N) is 1. The van der Waals surface area contributed by atoms with Gasteiger partial charge in [-0.05, 0) is 36.8 Å². The average molecular weight is 304 g/mol. The maximum atomic E-state index is 6.17. The standard InChI is InChI=1S/C16H14ClNOS/c1-2-16(11-6-4-3-5-7-11)13-10-12(17)8-9-14(13)18-15(20)19-16/h3-10H,2H2,1H3,(H,18,20). The van der Waals surface area contributed by atoms with Gasteiger partial charge in [0.2, 0.25) is 0 Å². The fraction of sp³-hybridized carbons (Fsp3) is 0.188. The number of fused-ring (bicyclic) bond motifs is 1. The van der Waals surface area contributed by atoms with Crippen LogP contribution in [0.4, 0.5) is 5.69 Å². The molecule has 0 spiro atoms. The highest BCUT2D eigenvalue weighted by Gasteiger charge is 2.41. The van der Waals surface area contributed by atoms with Crippen molar-refractivity contribution in [3.8, 4) is 0 Å². The largest absolute Gasteiger partial charge is 0.454 e. The molecule has 1 aliphatic heterocycles. The highest BCUT2D eigenvalue weighted by atomic mass is 35.5. The summed E-state index contributed by atoms with van der Waals surface area (Å²) in [6.07, 6.45) is 0.770. The second kappa shape index (κ2) is 5.08. The molecule has 2 aromatic rings. The smallest absolute Gasteiger partial charge is 0.262 e. The molecule has 0 fully saturated rings. The van der Waals surface area contributed by atoms with Crippen molar-refractivity contribution in [2.24, 2.45) is 0 Å². The first kappa shape index (κ1) is 13.4. The number of benzene rings is 2. The highest BCUT2D eigenvalue weighted by molar-refractivity contribution is 7.80. The number of hydrogen-bond acceptors (Lipinski definition) is 2. The van der Waals surface area contributed by atoms with Gasteiger partial charge in [-0.15, -0.1) is 0 Å². The van der Waals surface area contributed by atoms with Crippen molar-refractivity contribution in [3.05, 3.63) is 64.7 Å². The van der Waals surface area contributed by atoms with Crippen molar-refractivity contribution >= 4 is 34.7 Å². The van der Waals surface area contributed by atoms with Crippen LogP contribution in [0.3, 0.4) is 0 Å². The van der Waals surface area contributed by atoms with Crippen LogP contribution in [-0.4, -0.2) is 5.17 Å². The van der Waals surface area contributed by atoms with Crippen LogP contribution < -0.4 is 5.32 Å². The molecule has 102 valence electrons. The van der Waals surface area contributed by atoms with Crippen LogP contribution in [0.2, 0.25) is 5.02 Å². The fourth-order valence-corrected chi connectivity index (χ4v) is 3.12. The van der Waals surface area contributed by atoms with Gasteiger partial charge in [0.15, 0.2) is 5.60 Å². The topological polar surface area (TPSA) is 21.3 Å². The van der Waals surface area contributed by atoms with Crippen LogP contribution in [0.5, 0.6) is 0 Å². The molecule has 0 saturated heterocycles. The molecule has 1 N–H and O–H groups in total. The maximum absolute atomic E-state index is 6.17. The van der Waals surface area contributed by atoms with E-state index in [0.29, 0.717) is 10.2 Å².